The van der Waals surface area contributed by atoms with Crippen LogP contribution in [0, 0.1) is 6.92 Å². The summed E-state index contributed by atoms with van der Waals surface area (Å²) in [7, 11) is 1.62. The number of methoxy groups -OCH3 is 1. The highest BCUT2D eigenvalue weighted by Gasteiger charge is 2.23. The van der Waals surface area contributed by atoms with Crippen LogP contribution in [0.3, 0.4) is 0 Å². The van der Waals surface area contributed by atoms with E-state index in [0.717, 1.165) is 37.2 Å². The summed E-state index contributed by atoms with van der Waals surface area (Å²) in [6.07, 6.45) is 1.73. The molecular formula is C18H25Cl2N5O2. The van der Waals surface area contributed by atoms with E-state index in [-0.39, 0.29) is 24.4 Å². The van der Waals surface area contributed by atoms with Crippen LogP contribution in [0.5, 0.6) is 0 Å². The highest BCUT2D eigenvalue weighted by Crippen LogP contribution is 2.21. The molecule has 3 rings (SSSR count). The Balaban J connectivity index is 0.00000261. The Morgan fingerprint density at radius 2 is 2.04 bits per heavy atom. The highest BCUT2D eigenvalue weighted by atomic mass is 35.5. The SMILES string of the molecule is COC(CNC(=O)c1nnn(C2CCNCC2)c1C)c1ccc(Cl)cc1.Cl. The summed E-state index contributed by atoms with van der Waals surface area (Å²) in [5.41, 5.74) is 2.12. The van der Waals surface area contributed by atoms with E-state index in [1.807, 2.05) is 23.7 Å². The Morgan fingerprint density at radius 1 is 1.37 bits per heavy atom. The van der Waals surface area contributed by atoms with Gasteiger partial charge in [-0.15, -0.1) is 17.5 Å². The van der Waals surface area contributed by atoms with Gasteiger partial charge >= 0.3 is 0 Å². The highest BCUT2D eigenvalue weighted by molar-refractivity contribution is 6.30. The first-order valence-corrected chi connectivity index (χ1v) is 9.17. The fourth-order valence-corrected chi connectivity index (χ4v) is 3.36. The molecule has 9 heteroatoms. The molecule has 2 N–H and O–H groups in total. The van der Waals surface area contributed by atoms with E-state index in [9.17, 15) is 4.79 Å². The van der Waals surface area contributed by atoms with Crippen LogP contribution in [0.15, 0.2) is 24.3 Å². The lowest BCUT2D eigenvalue weighted by atomic mass is 10.1. The molecule has 2 heterocycles. The first-order chi connectivity index (χ1) is 12.6. The molecule has 0 radical (unpaired) electrons. The molecule has 27 heavy (non-hydrogen) atoms. The Morgan fingerprint density at radius 3 is 2.67 bits per heavy atom. The Hall–Kier alpha value is -1.67. The number of halogens is 2. The fourth-order valence-electron chi connectivity index (χ4n) is 3.23. The van der Waals surface area contributed by atoms with Crippen LogP contribution in [-0.4, -0.2) is 47.6 Å². The molecule has 1 unspecified atom stereocenters. The second-order valence-corrected chi connectivity index (χ2v) is 6.87. The summed E-state index contributed by atoms with van der Waals surface area (Å²) in [6, 6.07) is 7.69. The van der Waals surface area contributed by atoms with Gasteiger partial charge in [-0.3, -0.25) is 4.79 Å². The third-order valence-corrected chi connectivity index (χ3v) is 5.02. The number of aromatic nitrogens is 3. The minimum atomic E-state index is -0.254. The van der Waals surface area contributed by atoms with Crippen LogP contribution in [0.2, 0.25) is 5.02 Å². The normalized spacial score (nSPS) is 15.8. The van der Waals surface area contributed by atoms with Gasteiger partial charge in [0.05, 0.1) is 17.8 Å². The first-order valence-electron chi connectivity index (χ1n) is 8.79. The molecule has 0 bridgehead atoms. The number of benzene rings is 1. The predicted octanol–water partition coefficient (Wildman–Crippen LogP) is 2.70. The minimum Gasteiger partial charge on any atom is -0.375 e. The summed E-state index contributed by atoms with van der Waals surface area (Å²) in [6.45, 7) is 4.16. The van der Waals surface area contributed by atoms with Crippen molar-refractivity contribution in [3.63, 3.8) is 0 Å². The maximum Gasteiger partial charge on any atom is 0.273 e. The lowest BCUT2D eigenvalue weighted by molar-refractivity contribution is 0.0823. The van der Waals surface area contributed by atoms with Gasteiger partial charge in [0.1, 0.15) is 0 Å². The molecule has 148 valence electrons. The number of rotatable bonds is 6. The standard InChI is InChI=1S/C18H24ClN5O2.ClH/c1-12-17(22-23-24(12)15-7-9-20-10-8-15)18(25)21-11-16(26-2)13-3-5-14(19)6-4-13;/h3-6,15-16,20H,7-11H2,1-2H3,(H,21,25);1H. The molecule has 1 atom stereocenters. The zero-order valence-corrected chi connectivity index (χ0v) is 17.0. The summed E-state index contributed by atoms with van der Waals surface area (Å²) in [5, 5.41) is 15.2. The number of piperidine rings is 1. The first kappa shape index (κ1) is 21.6. The van der Waals surface area contributed by atoms with Gasteiger partial charge in [-0.1, -0.05) is 28.9 Å². The number of carbonyl (C=O) groups is 1. The number of carbonyl (C=O) groups excluding carboxylic acids is 1. The molecule has 7 nitrogen and oxygen atoms in total. The van der Waals surface area contributed by atoms with Gasteiger partial charge in [0.25, 0.3) is 5.91 Å². The number of nitrogens with zero attached hydrogens (tertiary/aromatic N) is 3. The van der Waals surface area contributed by atoms with Crippen LogP contribution in [-0.2, 0) is 4.74 Å². The Kier molecular flexibility index (Phi) is 8.04. The fraction of sp³-hybridized carbons (Fsp3) is 0.500. The van der Waals surface area contributed by atoms with Crippen molar-refractivity contribution in [2.24, 2.45) is 0 Å². The molecule has 1 aromatic carbocycles. The predicted molar refractivity (Wildman–Crippen MR) is 107 cm³/mol. The average molecular weight is 414 g/mol. The molecule has 1 aliphatic heterocycles. The lowest BCUT2D eigenvalue weighted by Gasteiger charge is -2.23. The van der Waals surface area contributed by atoms with Crippen molar-refractivity contribution in [2.45, 2.75) is 31.9 Å². The quantitative estimate of drug-likeness (QED) is 0.760. The van der Waals surface area contributed by atoms with Crippen molar-refractivity contribution in [3.05, 3.63) is 46.2 Å². The summed E-state index contributed by atoms with van der Waals surface area (Å²) >= 11 is 5.92. The molecule has 0 spiro atoms. The molecule has 1 amide bonds. The van der Waals surface area contributed by atoms with Crippen molar-refractivity contribution in [1.29, 1.82) is 0 Å². The van der Waals surface area contributed by atoms with E-state index in [1.54, 1.807) is 19.2 Å². The second-order valence-electron chi connectivity index (χ2n) is 6.44. The lowest BCUT2D eigenvalue weighted by Crippen LogP contribution is -2.31. The van der Waals surface area contributed by atoms with E-state index in [2.05, 4.69) is 20.9 Å². The van der Waals surface area contributed by atoms with Crippen LogP contribution in [0.4, 0.5) is 0 Å². The second kappa shape index (κ2) is 10.0. The van der Waals surface area contributed by atoms with Gasteiger partial charge in [-0.25, -0.2) is 4.68 Å². The number of hydrogen-bond acceptors (Lipinski definition) is 5. The maximum absolute atomic E-state index is 12.6. The molecular weight excluding hydrogens is 389 g/mol. The van der Waals surface area contributed by atoms with Gasteiger partial charge in [-0.05, 0) is 50.6 Å². The van der Waals surface area contributed by atoms with E-state index in [4.69, 9.17) is 16.3 Å². The topological polar surface area (TPSA) is 81.1 Å². The molecule has 2 aromatic rings. The number of nitrogens with one attached hydrogen (secondary N) is 2. The van der Waals surface area contributed by atoms with Crippen molar-refractivity contribution in [1.82, 2.24) is 25.6 Å². The maximum atomic E-state index is 12.6. The van der Waals surface area contributed by atoms with Gasteiger partial charge in [-0.2, -0.15) is 0 Å². The molecule has 1 aromatic heterocycles. The monoisotopic (exact) mass is 413 g/mol. The largest absolute Gasteiger partial charge is 0.375 e. The molecule has 0 saturated carbocycles. The molecule has 1 aliphatic rings. The molecule has 1 fully saturated rings. The van der Waals surface area contributed by atoms with Crippen molar-refractivity contribution in [2.75, 3.05) is 26.7 Å². The van der Waals surface area contributed by atoms with E-state index >= 15 is 0 Å². The van der Waals surface area contributed by atoms with Crippen molar-refractivity contribution >= 4 is 29.9 Å². The Bertz CT molecular complexity index is 745. The van der Waals surface area contributed by atoms with E-state index in [0.29, 0.717) is 23.3 Å². The van der Waals surface area contributed by atoms with Crippen molar-refractivity contribution < 1.29 is 9.53 Å². The summed E-state index contributed by atoms with van der Waals surface area (Å²) in [5.74, 6) is -0.237. The van der Waals surface area contributed by atoms with Crippen LogP contribution < -0.4 is 10.6 Å². The van der Waals surface area contributed by atoms with Gasteiger partial charge in [0.2, 0.25) is 0 Å². The smallest absolute Gasteiger partial charge is 0.273 e. The summed E-state index contributed by atoms with van der Waals surface area (Å²) in [4.78, 5) is 12.6. The van der Waals surface area contributed by atoms with Gasteiger partial charge < -0.3 is 15.4 Å². The number of amides is 1. The zero-order valence-electron chi connectivity index (χ0n) is 15.4. The number of ether oxygens (including phenoxy) is 1. The third-order valence-electron chi connectivity index (χ3n) is 4.77. The minimum absolute atomic E-state index is 0. The zero-order chi connectivity index (χ0) is 18.5. The van der Waals surface area contributed by atoms with Crippen molar-refractivity contribution in [3.8, 4) is 0 Å². The van der Waals surface area contributed by atoms with Gasteiger partial charge in [0, 0.05) is 18.7 Å². The van der Waals surface area contributed by atoms with Gasteiger partial charge in [0.15, 0.2) is 5.69 Å². The van der Waals surface area contributed by atoms with Crippen LogP contribution in [0.1, 0.15) is 46.7 Å². The van der Waals surface area contributed by atoms with E-state index in [1.165, 1.54) is 0 Å². The third kappa shape index (κ3) is 5.19. The molecule has 1 saturated heterocycles. The van der Waals surface area contributed by atoms with Crippen LogP contribution in [0.25, 0.3) is 0 Å². The van der Waals surface area contributed by atoms with E-state index < -0.39 is 0 Å². The summed E-state index contributed by atoms with van der Waals surface area (Å²) < 4.78 is 7.36. The van der Waals surface area contributed by atoms with Crippen LogP contribution >= 0.6 is 24.0 Å². The average Bonchev–Trinajstić information content (AvgIpc) is 3.05. The number of hydrogen-bond donors (Lipinski definition) is 2. The Labute approximate surface area is 170 Å². The molecule has 0 aliphatic carbocycles.